The average Bonchev–Trinajstić information content (AvgIpc) is 3.34. The third-order valence-corrected chi connectivity index (χ3v) is 6.25. The van der Waals surface area contributed by atoms with Gasteiger partial charge in [-0.3, -0.25) is 10.2 Å². The first-order valence-corrected chi connectivity index (χ1v) is 12.3. The Morgan fingerprint density at radius 1 is 1.11 bits per heavy atom. The maximum atomic E-state index is 13.8. The quantitative estimate of drug-likeness (QED) is 0.110. The van der Waals surface area contributed by atoms with Gasteiger partial charge in [-0.25, -0.2) is 10.4 Å². The summed E-state index contributed by atoms with van der Waals surface area (Å²) in [5, 5.41) is 12.7. The van der Waals surface area contributed by atoms with Crippen LogP contribution in [-0.4, -0.2) is 42.7 Å². The summed E-state index contributed by atoms with van der Waals surface area (Å²) in [5.41, 5.74) is 16.1. The Morgan fingerprint density at radius 3 is 2.50 bits per heavy atom. The molecular formula is C28H30N6O4. The standard InChI is InChI=1S/C28H30N6O4/c1-30-33-27(36)28(18-22-10-5-6-11-23(22)19-31-34-29)25(20-8-3-2-4-9-20)38-26(32-28)21-12-14-24(15-13-21)37-17-7-16-35/h2-6,8-15,25,30,35H,7,16-19H2,1H3,(H,33,36)/t25-,28-/m0/s1. The zero-order chi connectivity index (χ0) is 26.8. The van der Waals surface area contributed by atoms with Crippen molar-refractivity contribution in [1.82, 2.24) is 10.9 Å². The lowest BCUT2D eigenvalue weighted by Crippen LogP contribution is -2.53. The van der Waals surface area contributed by atoms with Crippen LogP contribution in [0.3, 0.4) is 0 Å². The molecule has 1 aliphatic rings. The van der Waals surface area contributed by atoms with E-state index in [0.717, 1.165) is 16.7 Å². The van der Waals surface area contributed by atoms with Crippen molar-refractivity contribution in [2.75, 3.05) is 20.3 Å². The first kappa shape index (κ1) is 26.7. The molecule has 0 bridgehead atoms. The number of hydrogen-bond acceptors (Lipinski definition) is 7. The Balaban J connectivity index is 1.78. The smallest absolute Gasteiger partial charge is 0.266 e. The van der Waals surface area contributed by atoms with Gasteiger partial charge in [-0.15, -0.1) is 0 Å². The average molecular weight is 515 g/mol. The van der Waals surface area contributed by atoms with Crippen molar-refractivity contribution < 1.29 is 19.4 Å². The number of azide groups is 1. The highest BCUT2D eigenvalue weighted by Crippen LogP contribution is 2.42. The first-order valence-electron chi connectivity index (χ1n) is 12.3. The van der Waals surface area contributed by atoms with Crippen LogP contribution >= 0.6 is 0 Å². The van der Waals surface area contributed by atoms with E-state index in [1.807, 2.05) is 66.7 Å². The maximum Gasteiger partial charge on any atom is 0.266 e. The van der Waals surface area contributed by atoms with Gasteiger partial charge < -0.3 is 14.6 Å². The zero-order valence-electron chi connectivity index (χ0n) is 21.1. The molecule has 2 atom stereocenters. The number of hydrogen-bond donors (Lipinski definition) is 3. The summed E-state index contributed by atoms with van der Waals surface area (Å²) < 4.78 is 12.1. The molecule has 0 radical (unpaired) electrons. The second-order valence-electron chi connectivity index (χ2n) is 8.74. The molecule has 0 aliphatic carbocycles. The van der Waals surface area contributed by atoms with Crippen molar-refractivity contribution in [2.24, 2.45) is 10.1 Å². The highest BCUT2D eigenvalue weighted by atomic mass is 16.5. The molecule has 0 unspecified atom stereocenters. The van der Waals surface area contributed by atoms with Gasteiger partial charge in [0.05, 0.1) is 13.2 Å². The first-order chi connectivity index (χ1) is 18.6. The molecule has 10 heteroatoms. The van der Waals surface area contributed by atoms with Gasteiger partial charge in [0.15, 0.2) is 11.6 Å². The van der Waals surface area contributed by atoms with E-state index < -0.39 is 11.6 Å². The van der Waals surface area contributed by atoms with Gasteiger partial charge >= 0.3 is 0 Å². The molecule has 0 aromatic heterocycles. The van der Waals surface area contributed by atoms with E-state index in [-0.39, 0.29) is 25.5 Å². The van der Waals surface area contributed by atoms with Crippen molar-refractivity contribution in [3.05, 3.63) is 112 Å². The number of carbonyl (C=O) groups excluding carboxylic acids is 1. The number of benzene rings is 3. The maximum absolute atomic E-state index is 13.8. The minimum atomic E-state index is -1.36. The highest BCUT2D eigenvalue weighted by Gasteiger charge is 2.53. The number of nitrogens with zero attached hydrogens (tertiary/aromatic N) is 4. The molecule has 0 saturated carbocycles. The minimum absolute atomic E-state index is 0.0619. The van der Waals surface area contributed by atoms with Crippen LogP contribution < -0.4 is 15.6 Å². The van der Waals surface area contributed by atoms with Gasteiger partial charge in [0.1, 0.15) is 5.75 Å². The van der Waals surface area contributed by atoms with Gasteiger partial charge in [-0.2, -0.15) is 0 Å². The summed E-state index contributed by atoms with van der Waals surface area (Å²) in [6.45, 7) is 0.625. The van der Waals surface area contributed by atoms with Gasteiger partial charge in [-0.1, -0.05) is 59.7 Å². The second-order valence-corrected chi connectivity index (χ2v) is 8.74. The van der Waals surface area contributed by atoms with Gasteiger partial charge in [0.25, 0.3) is 5.91 Å². The Labute approximate surface area is 220 Å². The fourth-order valence-electron chi connectivity index (χ4n) is 4.41. The highest BCUT2D eigenvalue weighted by molar-refractivity contribution is 6.01. The number of hydrazine groups is 1. The number of carbonyl (C=O) groups is 1. The van der Waals surface area contributed by atoms with E-state index in [2.05, 4.69) is 20.9 Å². The number of rotatable bonds is 12. The molecule has 1 aliphatic heterocycles. The molecule has 3 N–H and O–H groups in total. The Morgan fingerprint density at radius 2 is 1.82 bits per heavy atom. The molecule has 196 valence electrons. The summed E-state index contributed by atoms with van der Waals surface area (Å²) >= 11 is 0. The van der Waals surface area contributed by atoms with Crippen LogP contribution in [0, 0.1) is 0 Å². The summed E-state index contributed by atoms with van der Waals surface area (Å²) in [5.74, 6) is 0.637. The lowest BCUT2D eigenvalue weighted by atomic mass is 9.81. The van der Waals surface area contributed by atoms with Gasteiger partial charge in [0.2, 0.25) is 5.90 Å². The molecule has 0 fully saturated rings. The molecular weight excluding hydrogens is 484 g/mol. The van der Waals surface area contributed by atoms with Crippen molar-refractivity contribution >= 4 is 11.8 Å². The number of amides is 1. The number of aliphatic hydroxyl groups excluding tert-OH is 1. The fraction of sp³-hybridized carbons (Fsp3) is 0.286. The second kappa shape index (κ2) is 12.7. The van der Waals surface area contributed by atoms with E-state index in [4.69, 9.17) is 25.1 Å². The van der Waals surface area contributed by atoms with Crippen LogP contribution in [0.4, 0.5) is 0 Å². The van der Waals surface area contributed by atoms with Gasteiger partial charge in [-0.05, 0) is 46.5 Å². The Hall–Kier alpha value is -4.37. The number of aliphatic hydroxyl groups is 1. The van der Waals surface area contributed by atoms with Crippen molar-refractivity contribution in [2.45, 2.75) is 31.0 Å². The summed E-state index contributed by atoms with van der Waals surface area (Å²) in [6.07, 6.45) is 0.0314. The molecule has 0 saturated heterocycles. The lowest BCUT2D eigenvalue weighted by Gasteiger charge is -2.31. The van der Waals surface area contributed by atoms with E-state index in [1.54, 1.807) is 19.2 Å². The van der Waals surface area contributed by atoms with Crippen LogP contribution in [0.25, 0.3) is 10.4 Å². The molecule has 4 rings (SSSR count). The van der Waals surface area contributed by atoms with E-state index >= 15 is 0 Å². The Bertz CT molecular complexity index is 1310. The van der Waals surface area contributed by atoms with E-state index in [9.17, 15) is 4.79 Å². The predicted molar refractivity (Wildman–Crippen MR) is 143 cm³/mol. The molecule has 0 spiro atoms. The topological polar surface area (TPSA) is 141 Å². The third-order valence-electron chi connectivity index (χ3n) is 6.25. The summed E-state index contributed by atoms with van der Waals surface area (Å²) in [4.78, 5) is 21.6. The minimum Gasteiger partial charge on any atom is -0.494 e. The van der Waals surface area contributed by atoms with Crippen molar-refractivity contribution in [1.29, 1.82) is 0 Å². The third kappa shape index (κ3) is 5.95. The van der Waals surface area contributed by atoms with Gasteiger partial charge in [0, 0.05) is 37.0 Å². The molecule has 3 aromatic carbocycles. The lowest BCUT2D eigenvalue weighted by molar-refractivity contribution is -0.129. The Kier molecular flexibility index (Phi) is 8.94. The van der Waals surface area contributed by atoms with E-state index in [0.29, 0.717) is 30.2 Å². The van der Waals surface area contributed by atoms with Crippen LogP contribution in [0.5, 0.6) is 5.75 Å². The molecule has 1 amide bonds. The zero-order valence-corrected chi connectivity index (χ0v) is 21.1. The SMILES string of the molecule is CNNC(=O)[C@@]1(Cc2ccccc2CN=[N+]=[N-])N=C(c2ccc(OCCCO)cc2)O[C@H]1c1ccccc1. The van der Waals surface area contributed by atoms with Crippen LogP contribution in [0.1, 0.15) is 34.8 Å². The van der Waals surface area contributed by atoms with Crippen LogP contribution in [-0.2, 0) is 22.5 Å². The van der Waals surface area contributed by atoms with Crippen LogP contribution in [0.2, 0.25) is 0 Å². The van der Waals surface area contributed by atoms with E-state index in [1.165, 1.54) is 0 Å². The monoisotopic (exact) mass is 514 g/mol. The molecule has 10 nitrogen and oxygen atoms in total. The number of aliphatic imine (C=N–C) groups is 1. The predicted octanol–water partition coefficient (Wildman–Crippen LogP) is 4.01. The summed E-state index contributed by atoms with van der Waals surface area (Å²) in [6, 6.07) is 24.3. The molecule has 3 aromatic rings. The molecule has 1 heterocycles. The van der Waals surface area contributed by atoms with Crippen molar-refractivity contribution in [3.8, 4) is 5.75 Å². The fourth-order valence-corrected chi connectivity index (χ4v) is 4.41. The summed E-state index contributed by atoms with van der Waals surface area (Å²) in [7, 11) is 1.62. The van der Waals surface area contributed by atoms with Crippen LogP contribution in [0.15, 0.2) is 89.0 Å². The molecule has 38 heavy (non-hydrogen) atoms. The van der Waals surface area contributed by atoms with Crippen molar-refractivity contribution in [3.63, 3.8) is 0 Å². The number of nitrogens with one attached hydrogen (secondary N) is 2. The normalized spacial score (nSPS) is 18.2. The largest absolute Gasteiger partial charge is 0.494 e. The number of ether oxygens (including phenoxy) is 2.